The Kier molecular flexibility index (Phi) is 5.14. The van der Waals surface area contributed by atoms with Crippen LogP contribution in [0.25, 0.3) is 10.9 Å². The van der Waals surface area contributed by atoms with Gasteiger partial charge in [-0.3, -0.25) is 5.10 Å². The van der Waals surface area contributed by atoms with Gasteiger partial charge in [0, 0.05) is 28.6 Å². The van der Waals surface area contributed by atoms with Gasteiger partial charge in [-0.1, -0.05) is 23.7 Å². The molecule has 0 spiro atoms. The van der Waals surface area contributed by atoms with Crippen LogP contribution < -0.4 is 10.1 Å². The highest BCUT2D eigenvalue weighted by Crippen LogP contribution is 2.30. The largest absolute Gasteiger partial charge is 0.490 e. The molecule has 26 heavy (non-hydrogen) atoms. The van der Waals surface area contributed by atoms with Crippen LogP contribution in [0.5, 0.6) is 5.75 Å². The van der Waals surface area contributed by atoms with Crippen LogP contribution in [0.1, 0.15) is 36.8 Å². The second-order valence-electron chi connectivity index (χ2n) is 7.13. The highest BCUT2D eigenvalue weighted by atomic mass is 35.5. The van der Waals surface area contributed by atoms with Crippen molar-refractivity contribution in [2.45, 2.75) is 51.3 Å². The fraction of sp³-hybridized carbons (Fsp3) is 0.381. The van der Waals surface area contributed by atoms with Crippen molar-refractivity contribution in [3.8, 4) is 5.75 Å². The van der Waals surface area contributed by atoms with Crippen LogP contribution in [0.2, 0.25) is 5.02 Å². The Hall–Kier alpha value is -2.04. The summed E-state index contributed by atoms with van der Waals surface area (Å²) in [5.41, 5.74) is 3.44. The zero-order valence-electron chi connectivity index (χ0n) is 15.0. The summed E-state index contributed by atoms with van der Waals surface area (Å²) in [6.45, 7) is 2.95. The first kappa shape index (κ1) is 17.4. The van der Waals surface area contributed by atoms with Gasteiger partial charge >= 0.3 is 0 Å². The van der Waals surface area contributed by atoms with Gasteiger partial charge in [-0.2, -0.15) is 5.10 Å². The number of nitrogens with one attached hydrogen (secondary N) is 2. The number of hydrogen-bond donors (Lipinski definition) is 2. The lowest BCUT2D eigenvalue weighted by molar-refractivity contribution is 0.133. The molecule has 4 rings (SSSR count). The molecule has 1 aliphatic rings. The molecule has 1 saturated carbocycles. The van der Waals surface area contributed by atoms with Crippen molar-refractivity contribution < 1.29 is 4.74 Å². The number of halogens is 1. The third kappa shape index (κ3) is 3.87. The van der Waals surface area contributed by atoms with Crippen LogP contribution in [-0.4, -0.2) is 22.3 Å². The van der Waals surface area contributed by atoms with E-state index in [-0.39, 0.29) is 6.10 Å². The summed E-state index contributed by atoms with van der Waals surface area (Å²) in [6.07, 6.45) is 6.64. The topological polar surface area (TPSA) is 49.9 Å². The van der Waals surface area contributed by atoms with Crippen molar-refractivity contribution >= 4 is 22.5 Å². The minimum Gasteiger partial charge on any atom is -0.490 e. The lowest BCUT2D eigenvalue weighted by atomic mass is 9.92. The van der Waals surface area contributed by atoms with Crippen LogP contribution in [0.3, 0.4) is 0 Å². The Morgan fingerprint density at radius 2 is 2.19 bits per heavy atom. The van der Waals surface area contributed by atoms with Crippen molar-refractivity contribution in [1.82, 2.24) is 15.5 Å². The van der Waals surface area contributed by atoms with E-state index in [2.05, 4.69) is 34.6 Å². The first-order chi connectivity index (χ1) is 12.7. The van der Waals surface area contributed by atoms with Crippen molar-refractivity contribution in [1.29, 1.82) is 0 Å². The van der Waals surface area contributed by atoms with Gasteiger partial charge in [0.1, 0.15) is 11.9 Å². The fourth-order valence-corrected chi connectivity index (χ4v) is 4.01. The van der Waals surface area contributed by atoms with E-state index in [0.717, 1.165) is 46.6 Å². The first-order valence-electron chi connectivity index (χ1n) is 9.26. The van der Waals surface area contributed by atoms with E-state index >= 15 is 0 Å². The molecule has 4 nitrogen and oxygen atoms in total. The Morgan fingerprint density at radius 1 is 1.27 bits per heavy atom. The predicted molar refractivity (Wildman–Crippen MR) is 106 cm³/mol. The number of rotatable bonds is 5. The molecule has 2 N–H and O–H groups in total. The maximum Gasteiger partial charge on any atom is 0.123 e. The molecule has 0 saturated heterocycles. The smallest absolute Gasteiger partial charge is 0.123 e. The van der Waals surface area contributed by atoms with Gasteiger partial charge in [-0.15, -0.1) is 0 Å². The Morgan fingerprint density at radius 3 is 3.08 bits per heavy atom. The summed E-state index contributed by atoms with van der Waals surface area (Å²) in [7, 11) is 0. The van der Waals surface area contributed by atoms with Gasteiger partial charge in [0.25, 0.3) is 0 Å². The SMILES string of the molecule is Cc1c(O[C@@H]2CCC[C@H](NCc3cccc(Cl)c3)C2)ccc2[nH]ncc12. The fourth-order valence-electron chi connectivity index (χ4n) is 3.79. The third-order valence-electron chi connectivity index (χ3n) is 5.25. The number of H-pyrrole nitrogens is 1. The van der Waals surface area contributed by atoms with Gasteiger partial charge in [-0.05, 0) is 62.4 Å². The molecule has 1 fully saturated rings. The Bertz CT molecular complexity index is 892. The molecule has 2 aromatic carbocycles. The van der Waals surface area contributed by atoms with Gasteiger partial charge in [0.15, 0.2) is 0 Å². The monoisotopic (exact) mass is 369 g/mol. The average Bonchev–Trinajstić information content (AvgIpc) is 3.12. The molecule has 2 atom stereocenters. The summed E-state index contributed by atoms with van der Waals surface area (Å²) in [5.74, 6) is 0.972. The van der Waals surface area contributed by atoms with Crippen LogP contribution in [0.15, 0.2) is 42.6 Å². The number of fused-ring (bicyclic) bond motifs is 1. The van der Waals surface area contributed by atoms with Gasteiger partial charge in [0.2, 0.25) is 0 Å². The van der Waals surface area contributed by atoms with Crippen LogP contribution in [-0.2, 0) is 6.54 Å². The first-order valence-corrected chi connectivity index (χ1v) is 9.64. The molecule has 0 aliphatic heterocycles. The molecular formula is C21H24ClN3O. The Labute approximate surface area is 158 Å². The normalized spacial score (nSPS) is 20.4. The lowest BCUT2D eigenvalue weighted by Crippen LogP contribution is -2.37. The van der Waals surface area contributed by atoms with E-state index in [9.17, 15) is 0 Å². The maximum absolute atomic E-state index is 6.36. The zero-order chi connectivity index (χ0) is 17.9. The molecule has 0 radical (unpaired) electrons. The zero-order valence-corrected chi connectivity index (χ0v) is 15.7. The maximum atomic E-state index is 6.36. The van der Waals surface area contributed by atoms with E-state index in [1.807, 2.05) is 30.5 Å². The number of ether oxygens (including phenoxy) is 1. The number of hydrogen-bond acceptors (Lipinski definition) is 3. The van der Waals surface area contributed by atoms with E-state index in [1.54, 1.807) is 0 Å². The van der Waals surface area contributed by atoms with E-state index in [0.29, 0.717) is 6.04 Å². The third-order valence-corrected chi connectivity index (χ3v) is 5.48. The second-order valence-corrected chi connectivity index (χ2v) is 7.57. The number of aryl methyl sites for hydroxylation is 1. The summed E-state index contributed by atoms with van der Waals surface area (Å²) >= 11 is 6.07. The van der Waals surface area contributed by atoms with Crippen molar-refractivity contribution in [3.63, 3.8) is 0 Å². The molecule has 0 amide bonds. The van der Waals surface area contributed by atoms with Gasteiger partial charge < -0.3 is 10.1 Å². The Balaban J connectivity index is 1.37. The lowest BCUT2D eigenvalue weighted by Gasteiger charge is -2.31. The van der Waals surface area contributed by atoms with Gasteiger partial charge in [0.05, 0.1) is 11.7 Å². The number of aromatic nitrogens is 2. The van der Waals surface area contributed by atoms with Crippen LogP contribution >= 0.6 is 11.6 Å². The van der Waals surface area contributed by atoms with Crippen molar-refractivity contribution in [2.75, 3.05) is 0 Å². The predicted octanol–water partition coefficient (Wildman–Crippen LogP) is 5.00. The summed E-state index contributed by atoms with van der Waals surface area (Å²) in [5, 5.41) is 12.7. The highest BCUT2D eigenvalue weighted by molar-refractivity contribution is 6.30. The molecule has 0 bridgehead atoms. The molecular weight excluding hydrogens is 346 g/mol. The molecule has 3 aromatic rings. The number of benzene rings is 2. The summed E-state index contributed by atoms with van der Waals surface area (Å²) in [6, 6.07) is 12.6. The minimum atomic E-state index is 0.253. The minimum absolute atomic E-state index is 0.253. The highest BCUT2D eigenvalue weighted by Gasteiger charge is 2.23. The van der Waals surface area contributed by atoms with E-state index < -0.39 is 0 Å². The summed E-state index contributed by atoms with van der Waals surface area (Å²) < 4.78 is 6.36. The quantitative estimate of drug-likeness (QED) is 0.665. The van der Waals surface area contributed by atoms with E-state index in [4.69, 9.17) is 16.3 Å². The molecule has 1 heterocycles. The molecule has 1 aliphatic carbocycles. The molecule has 5 heteroatoms. The molecule has 136 valence electrons. The van der Waals surface area contributed by atoms with Crippen LogP contribution in [0.4, 0.5) is 0 Å². The molecule has 1 aromatic heterocycles. The average molecular weight is 370 g/mol. The van der Waals surface area contributed by atoms with Crippen LogP contribution in [0, 0.1) is 6.92 Å². The van der Waals surface area contributed by atoms with Gasteiger partial charge in [-0.25, -0.2) is 0 Å². The molecule has 0 unspecified atom stereocenters. The van der Waals surface area contributed by atoms with Crippen molar-refractivity contribution in [3.05, 3.63) is 58.7 Å². The van der Waals surface area contributed by atoms with E-state index in [1.165, 1.54) is 18.4 Å². The number of aromatic amines is 1. The second kappa shape index (κ2) is 7.68. The van der Waals surface area contributed by atoms with Crippen molar-refractivity contribution in [2.24, 2.45) is 0 Å². The summed E-state index contributed by atoms with van der Waals surface area (Å²) in [4.78, 5) is 0. The standard InChI is InChI=1S/C21H24ClN3O/c1-14-19-13-24-25-20(19)8-9-21(14)26-18-7-3-6-17(11-18)23-12-15-4-2-5-16(22)10-15/h2,4-5,8-10,13,17-18,23H,3,6-7,11-12H2,1H3,(H,24,25)/t17-,18+/m0/s1. The number of nitrogens with zero attached hydrogens (tertiary/aromatic N) is 1.